The maximum atomic E-state index is 12.6. The van der Waals surface area contributed by atoms with Crippen LogP contribution >= 0.6 is 0 Å². The van der Waals surface area contributed by atoms with Crippen molar-refractivity contribution in [2.45, 2.75) is 39.0 Å². The molecule has 2 aliphatic heterocycles. The number of piperidine rings is 1. The summed E-state index contributed by atoms with van der Waals surface area (Å²) in [6.07, 6.45) is 4.13. The van der Waals surface area contributed by atoms with Gasteiger partial charge >= 0.3 is 0 Å². The molecule has 2 saturated heterocycles. The lowest BCUT2D eigenvalue weighted by atomic mass is 9.99. The van der Waals surface area contributed by atoms with Crippen LogP contribution in [0.2, 0.25) is 0 Å². The smallest absolute Gasteiger partial charge is 0.281 e. The minimum Gasteiger partial charge on any atom is -0.382 e. The molecule has 134 valence electrons. The number of nitrogens with one attached hydrogen (secondary N) is 1. The summed E-state index contributed by atoms with van der Waals surface area (Å²) in [6, 6.07) is 0. The number of hydrogen-bond donors (Lipinski definition) is 1. The first-order valence-corrected chi connectivity index (χ1v) is 10.1. The van der Waals surface area contributed by atoms with Gasteiger partial charge in [0.25, 0.3) is 10.2 Å². The Morgan fingerprint density at radius 2 is 1.87 bits per heavy atom. The Morgan fingerprint density at radius 3 is 2.57 bits per heavy atom. The molecule has 2 aliphatic rings. The molecular formula is C15H29N3O4S. The Balaban J connectivity index is 1.81. The first kappa shape index (κ1) is 18.6. The minimum absolute atomic E-state index is 0.0391. The third kappa shape index (κ3) is 5.14. The number of hydrogen-bond acceptors (Lipinski definition) is 4. The molecule has 0 saturated carbocycles. The third-order valence-electron chi connectivity index (χ3n) is 4.44. The molecule has 0 aromatic heterocycles. The Hall–Kier alpha value is -0.700. The van der Waals surface area contributed by atoms with Crippen LogP contribution in [0.15, 0.2) is 0 Å². The molecule has 1 amide bonds. The summed E-state index contributed by atoms with van der Waals surface area (Å²) in [7, 11) is -3.39. The fraction of sp³-hybridized carbons (Fsp3) is 0.933. The molecule has 23 heavy (non-hydrogen) atoms. The first-order chi connectivity index (χ1) is 11.1. The van der Waals surface area contributed by atoms with E-state index in [4.69, 9.17) is 4.74 Å². The van der Waals surface area contributed by atoms with Crippen LogP contribution in [0.5, 0.6) is 0 Å². The lowest BCUT2D eigenvalue weighted by Crippen LogP contribution is -2.50. The normalized spacial score (nSPS) is 24.0. The molecule has 2 heterocycles. The predicted molar refractivity (Wildman–Crippen MR) is 88.1 cm³/mol. The lowest BCUT2D eigenvalue weighted by molar-refractivity contribution is -0.126. The molecule has 1 unspecified atom stereocenters. The molecule has 0 aromatic carbocycles. The van der Waals surface area contributed by atoms with Crippen LogP contribution in [0.3, 0.4) is 0 Å². The van der Waals surface area contributed by atoms with Gasteiger partial charge in [0.05, 0.1) is 5.92 Å². The second kappa shape index (κ2) is 8.96. The van der Waals surface area contributed by atoms with Crippen molar-refractivity contribution in [3.63, 3.8) is 0 Å². The monoisotopic (exact) mass is 347 g/mol. The van der Waals surface area contributed by atoms with Crippen LogP contribution in [0.1, 0.15) is 39.0 Å². The van der Waals surface area contributed by atoms with E-state index in [1.54, 1.807) is 4.31 Å². The second-order valence-electron chi connectivity index (χ2n) is 6.15. The SMILES string of the molecule is CCOCCCNC(=O)C1CCCN(S(=O)(=O)N2CCCC2)C1. The van der Waals surface area contributed by atoms with Gasteiger partial charge in [-0.1, -0.05) is 0 Å². The van der Waals surface area contributed by atoms with E-state index >= 15 is 0 Å². The highest BCUT2D eigenvalue weighted by Crippen LogP contribution is 2.23. The van der Waals surface area contributed by atoms with Crippen LogP contribution in [0.4, 0.5) is 0 Å². The summed E-state index contributed by atoms with van der Waals surface area (Å²) in [6.45, 7) is 5.87. The molecule has 0 spiro atoms. The average molecular weight is 347 g/mol. The summed E-state index contributed by atoms with van der Waals surface area (Å²) in [5.41, 5.74) is 0. The van der Waals surface area contributed by atoms with E-state index in [1.165, 1.54) is 4.31 Å². The van der Waals surface area contributed by atoms with Crippen molar-refractivity contribution >= 4 is 16.1 Å². The zero-order valence-corrected chi connectivity index (χ0v) is 14.8. The summed E-state index contributed by atoms with van der Waals surface area (Å²) in [5, 5.41) is 2.90. The van der Waals surface area contributed by atoms with E-state index < -0.39 is 10.2 Å². The van der Waals surface area contributed by atoms with Crippen LogP contribution in [-0.4, -0.2) is 68.9 Å². The van der Waals surface area contributed by atoms with Crippen LogP contribution < -0.4 is 5.32 Å². The van der Waals surface area contributed by atoms with Crippen molar-refractivity contribution in [1.29, 1.82) is 0 Å². The van der Waals surface area contributed by atoms with Crippen LogP contribution in [0, 0.1) is 5.92 Å². The molecule has 1 atom stereocenters. The van der Waals surface area contributed by atoms with Gasteiger partial charge in [-0.05, 0) is 39.0 Å². The van der Waals surface area contributed by atoms with Gasteiger partial charge in [0, 0.05) is 45.9 Å². The number of rotatable bonds is 8. The Kier molecular flexibility index (Phi) is 7.26. The maximum Gasteiger partial charge on any atom is 0.281 e. The Morgan fingerprint density at radius 1 is 1.17 bits per heavy atom. The molecule has 2 rings (SSSR count). The summed E-state index contributed by atoms with van der Waals surface area (Å²) < 4.78 is 33.5. The van der Waals surface area contributed by atoms with E-state index in [9.17, 15) is 13.2 Å². The van der Waals surface area contributed by atoms with Crippen molar-refractivity contribution in [3.8, 4) is 0 Å². The van der Waals surface area contributed by atoms with E-state index in [0.717, 1.165) is 32.1 Å². The molecular weight excluding hydrogens is 318 g/mol. The van der Waals surface area contributed by atoms with E-state index in [-0.39, 0.29) is 11.8 Å². The van der Waals surface area contributed by atoms with Gasteiger partial charge in [0.15, 0.2) is 0 Å². The fourth-order valence-corrected chi connectivity index (χ4v) is 4.90. The molecule has 0 aromatic rings. The van der Waals surface area contributed by atoms with Crippen molar-refractivity contribution in [2.75, 3.05) is 45.9 Å². The molecule has 1 N–H and O–H groups in total. The van der Waals surface area contributed by atoms with Crippen molar-refractivity contribution < 1.29 is 17.9 Å². The minimum atomic E-state index is -3.39. The molecule has 0 bridgehead atoms. The van der Waals surface area contributed by atoms with E-state index in [0.29, 0.717) is 45.9 Å². The quantitative estimate of drug-likeness (QED) is 0.652. The zero-order valence-electron chi connectivity index (χ0n) is 14.0. The van der Waals surface area contributed by atoms with Crippen molar-refractivity contribution in [3.05, 3.63) is 0 Å². The number of carbonyl (C=O) groups is 1. The molecule has 0 radical (unpaired) electrons. The van der Waals surface area contributed by atoms with E-state index in [2.05, 4.69) is 5.32 Å². The van der Waals surface area contributed by atoms with Gasteiger partial charge in [0.1, 0.15) is 0 Å². The molecule has 0 aliphatic carbocycles. The highest BCUT2D eigenvalue weighted by atomic mass is 32.2. The zero-order chi connectivity index (χ0) is 16.7. The molecule has 2 fully saturated rings. The van der Waals surface area contributed by atoms with Crippen LogP contribution in [0.25, 0.3) is 0 Å². The van der Waals surface area contributed by atoms with Gasteiger partial charge in [-0.25, -0.2) is 0 Å². The number of carbonyl (C=O) groups excluding carboxylic acids is 1. The fourth-order valence-electron chi connectivity index (χ4n) is 3.12. The van der Waals surface area contributed by atoms with Gasteiger partial charge < -0.3 is 10.1 Å². The lowest BCUT2D eigenvalue weighted by Gasteiger charge is -2.33. The van der Waals surface area contributed by atoms with Gasteiger partial charge in [0.2, 0.25) is 5.91 Å². The largest absolute Gasteiger partial charge is 0.382 e. The molecule has 7 nitrogen and oxygen atoms in total. The first-order valence-electron chi connectivity index (χ1n) is 8.66. The van der Waals surface area contributed by atoms with Crippen molar-refractivity contribution in [2.24, 2.45) is 5.92 Å². The van der Waals surface area contributed by atoms with E-state index in [1.807, 2.05) is 6.92 Å². The average Bonchev–Trinajstić information content (AvgIpc) is 3.10. The van der Waals surface area contributed by atoms with Crippen LogP contribution in [-0.2, 0) is 19.7 Å². The summed E-state index contributed by atoms with van der Waals surface area (Å²) in [4.78, 5) is 12.2. The topological polar surface area (TPSA) is 79.0 Å². The highest BCUT2D eigenvalue weighted by Gasteiger charge is 2.36. The van der Waals surface area contributed by atoms with Crippen molar-refractivity contribution in [1.82, 2.24) is 13.9 Å². The Labute approximate surface area is 139 Å². The standard InChI is InChI=1S/C15H29N3O4S/c1-2-22-12-6-8-16-15(19)14-7-5-11-18(13-14)23(20,21)17-9-3-4-10-17/h14H,2-13H2,1H3,(H,16,19). The summed E-state index contributed by atoms with van der Waals surface area (Å²) in [5.74, 6) is -0.281. The number of ether oxygens (including phenoxy) is 1. The Bertz CT molecular complexity index is 477. The van der Waals surface area contributed by atoms with Gasteiger partial charge in [-0.2, -0.15) is 17.0 Å². The highest BCUT2D eigenvalue weighted by molar-refractivity contribution is 7.86. The number of nitrogens with zero attached hydrogens (tertiary/aromatic N) is 2. The maximum absolute atomic E-state index is 12.6. The van der Waals surface area contributed by atoms with Gasteiger partial charge in [-0.3, -0.25) is 4.79 Å². The second-order valence-corrected chi connectivity index (χ2v) is 8.08. The third-order valence-corrected chi connectivity index (χ3v) is 6.44. The summed E-state index contributed by atoms with van der Waals surface area (Å²) >= 11 is 0. The molecule has 8 heteroatoms. The predicted octanol–water partition coefficient (Wildman–Crippen LogP) is 0.582. The number of amides is 1. The van der Waals surface area contributed by atoms with Gasteiger partial charge in [-0.15, -0.1) is 0 Å².